The molecular formula is C16H13ClFN5O. The van der Waals surface area contributed by atoms with Crippen molar-refractivity contribution in [1.29, 1.82) is 0 Å². The highest BCUT2D eigenvalue weighted by Crippen LogP contribution is 2.31. The molecule has 0 bridgehead atoms. The molecule has 0 saturated heterocycles. The van der Waals surface area contributed by atoms with Crippen molar-refractivity contribution in [2.45, 2.75) is 0 Å². The summed E-state index contributed by atoms with van der Waals surface area (Å²) in [6.07, 6.45) is 0. The van der Waals surface area contributed by atoms with E-state index < -0.39 is 0 Å². The number of methoxy groups -OCH3 is 1. The number of benzene rings is 2. The lowest BCUT2D eigenvalue weighted by Gasteiger charge is -2.10. The Hall–Kier alpha value is -2.93. The van der Waals surface area contributed by atoms with Crippen molar-refractivity contribution in [3.05, 3.63) is 53.3 Å². The first-order valence-electron chi connectivity index (χ1n) is 6.93. The minimum Gasteiger partial charge on any atom is -0.496 e. The molecule has 0 atom stereocenters. The predicted molar refractivity (Wildman–Crippen MR) is 90.9 cm³/mol. The van der Waals surface area contributed by atoms with Gasteiger partial charge in [0.25, 0.3) is 0 Å². The molecule has 0 radical (unpaired) electrons. The monoisotopic (exact) mass is 345 g/mol. The number of ether oxygens (including phenoxy) is 1. The summed E-state index contributed by atoms with van der Waals surface area (Å²) < 4.78 is 18.3. The first-order valence-corrected chi connectivity index (χ1v) is 7.31. The van der Waals surface area contributed by atoms with Crippen LogP contribution in [0.4, 0.5) is 22.0 Å². The number of aromatic nitrogens is 3. The van der Waals surface area contributed by atoms with Crippen molar-refractivity contribution < 1.29 is 9.13 Å². The minimum absolute atomic E-state index is 0.0339. The molecule has 1 heterocycles. The zero-order chi connectivity index (χ0) is 17.1. The van der Waals surface area contributed by atoms with Crippen LogP contribution in [0.25, 0.3) is 11.4 Å². The summed E-state index contributed by atoms with van der Waals surface area (Å²) in [5.74, 6) is 0.794. The Labute approximate surface area is 142 Å². The summed E-state index contributed by atoms with van der Waals surface area (Å²) >= 11 is 6.04. The fraction of sp³-hybridized carbons (Fsp3) is 0.0625. The Morgan fingerprint density at radius 2 is 1.83 bits per heavy atom. The van der Waals surface area contributed by atoms with Gasteiger partial charge in [0.05, 0.1) is 12.7 Å². The molecule has 1 aromatic heterocycles. The largest absolute Gasteiger partial charge is 0.496 e. The molecule has 2 aromatic carbocycles. The summed E-state index contributed by atoms with van der Waals surface area (Å²) in [7, 11) is 1.54. The molecule has 0 aliphatic carbocycles. The zero-order valence-corrected chi connectivity index (χ0v) is 13.4. The maximum absolute atomic E-state index is 13.0. The second-order valence-corrected chi connectivity index (χ2v) is 5.25. The lowest BCUT2D eigenvalue weighted by Crippen LogP contribution is -2.05. The van der Waals surface area contributed by atoms with Crippen LogP contribution in [0.1, 0.15) is 0 Å². The van der Waals surface area contributed by atoms with E-state index in [1.165, 1.54) is 19.2 Å². The van der Waals surface area contributed by atoms with E-state index in [1.54, 1.807) is 30.3 Å². The van der Waals surface area contributed by atoms with E-state index in [9.17, 15) is 4.39 Å². The maximum atomic E-state index is 13.0. The summed E-state index contributed by atoms with van der Waals surface area (Å²) in [6.45, 7) is 0. The highest BCUT2D eigenvalue weighted by atomic mass is 35.5. The van der Waals surface area contributed by atoms with Gasteiger partial charge >= 0.3 is 0 Å². The molecule has 0 spiro atoms. The molecule has 0 aliphatic heterocycles. The van der Waals surface area contributed by atoms with Crippen molar-refractivity contribution in [2.75, 3.05) is 18.2 Å². The zero-order valence-electron chi connectivity index (χ0n) is 12.6. The number of hydrogen-bond acceptors (Lipinski definition) is 6. The number of nitrogen functional groups attached to an aromatic ring is 1. The van der Waals surface area contributed by atoms with E-state index in [0.29, 0.717) is 27.8 Å². The third-order valence-electron chi connectivity index (χ3n) is 3.16. The molecular weight excluding hydrogens is 333 g/mol. The standard InChI is InChI=1S/C16H13ClFN5O/c1-24-13-7-2-9(17)8-12(13)14-21-15(19)23-16(22-14)20-11-5-3-10(18)4-6-11/h2-8H,1H3,(H3,19,20,21,22,23). The van der Waals surface area contributed by atoms with Crippen molar-refractivity contribution >= 4 is 29.2 Å². The van der Waals surface area contributed by atoms with Crippen molar-refractivity contribution in [1.82, 2.24) is 15.0 Å². The van der Waals surface area contributed by atoms with E-state index in [-0.39, 0.29) is 17.7 Å². The van der Waals surface area contributed by atoms with Crippen LogP contribution in [0, 0.1) is 5.82 Å². The summed E-state index contributed by atoms with van der Waals surface area (Å²) in [5.41, 5.74) is 6.97. The van der Waals surface area contributed by atoms with Crippen LogP contribution < -0.4 is 15.8 Å². The lowest BCUT2D eigenvalue weighted by atomic mass is 10.2. The first kappa shape index (κ1) is 15.9. The number of nitrogens with zero attached hydrogens (tertiary/aromatic N) is 3. The van der Waals surface area contributed by atoms with Gasteiger partial charge in [-0.1, -0.05) is 11.6 Å². The SMILES string of the molecule is COc1ccc(Cl)cc1-c1nc(N)nc(Nc2ccc(F)cc2)n1. The Balaban J connectivity index is 2.00. The second kappa shape index (κ2) is 6.67. The maximum Gasteiger partial charge on any atom is 0.232 e. The fourth-order valence-electron chi connectivity index (χ4n) is 2.09. The molecule has 0 saturated carbocycles. The predicted octanol–water partition coefficient (Wildman–Crippen LogP) is 3.67. The number of anilines is 3. The molecule has 0 fully saturated rings. The van der Waals surface area contributed by atoms with Gasteiger partial charge in [-0.25, -0.2) is 4.39 Å². The van der Waals surface area contributed by atoms with Crippen LogP contribution in [0.15, 0.2) is 42.5 Å². The van der Waals surface area contributed by atoms with Gasteiger partial charge in [0.15, 0.2) is 5.82 Å². The van der Waals surface area contributed by atoms with Crippen LogP contribution in [-0.4, -0.2) is 22.1 Å². The minimum atomic E-state index is -0.333. The Bertz CT molecular complexity index is 873. The van der Waals surface area contributed by atoms with Crippen molar-refractivity contribution in [2.24, 2.45) is 0 Å². The Morgan fingerprint density at radius 1 is 1.08 bits per heavy atom. The van der Waals surface area contributed by atoms with Gasteiger partial charge in [-0.3, -0.25) is 0 Å². The van der Waals surface area contributed by atoms with E-state index in [0.717, 1.165) is 0 Å². The molecule has 122 valence electrons. The number of nitrogens with two attached hydrogens (primary N) is 1. The molecule has 0 amide bonds. The molecule has 6 nitrogen and oxygen atoms in total. The second-order valence-electron chi connectivity index (χ2n) is 4.82. The average molecular weight is 346 g/mol. The Morgan fingerprint density at radius 3 is 2.54 bits per heavy atom. The topological polar surface area (TPSA) is 86.0 Å². The van der Waals surface area contributed by atoms with Crippen LogP contribution in [0.5, 0.6) is 5.75 Å². The van der Waals surface area contributed by atoms with Crippen LogP contribution in [0.2, 0.25) is 5.02 Å². The molecule has 3 aromatic rings. The van der Waals surface area contributed by atoms with E-state index in [2.05, 4.69) is 20.3 Å². The smallest absolute Gasteiger partial charge is 0.232 e. The van der Waals surface area contributed by atoms with Crippen LogP contribution >= 0.6 is 11.6 Å². The molecule has 0 unspecified atom stereocenters. The fourth-order valence-corrected chi connectivity index (χ4v) is 2.26. The normalized spacial score (nSPS) is 10.5. The first-order chi connectivity index (χ1) is 11.5. The third kappa shape index (κ3) is 3.52. The van der Waals surface area contributed by atoms with Gasteiger partial charge < -0.3 is 15.8 Å². The highest BCUT2D eigenvalue weighted by molar-refractivity contribution is 6.30. The summed E-state index contributed by atoms with van der Waals surface area (Å²) in [5, 5.41) is 3.46. The molecule has 24 heavy (non-hydrogen) atoms. The molecule has 0 aliphatic rings. The van der Waals surface area contributed by atoms with E-state index in [4.69, 9.17) is 22.1 Å². The number of halogens is 2. The molecule has 3 N–H and O–H groups in total. The molecule has 8 heteroatoms. The quantitative estimate of drug-likeness (QED) is 0.750. The van der Waals surface area contributed by atoms with Gasteiger partial charge in [-0.05, 0) is 42.5 Å². The van der Waals surface area contributed by atoms with Crippen molar-refractivity contribution in [3.8, 4) is 17.1 Å². The number of rotatable bonds is 4. The van der Waals surface area contributed by atoms with Crippen LogP contribution in [0.3, 0.4) is 0 Å². The van der Waals surface area contributed by atoms with Crippen LogP contribution in [-0.2, 0) is 0 Å². The van der Waals surface area contributed by atoms with Gasteiger partial charge in [-0.15, -0.1) is 0 Å². The third-order valence-corrected chi connectivity index (χ3v) is 3.39. The van der Waals surface area contributed by atoms with Gasteiger partial charge in [0.1, 0.15) is 11.6 Å². The van der Waals surface area contributed by atoms with E-state index >= 15 is 0 Å². The summed E-state index contributed by atoms with van der Waals surface area (Å²) in [4.78, 5) is 12.5. The van der Waals surface area contributed by atoms with Crippen molar-refractivity contribution in [3.63, 3.8) is 0 Å². The summed E-state index contributed by atoms with van der Waals surface area (Å²) in [6, 6.07) is 10.9. The number of nitrogens with one attached hydrogen (secondary N) is 1. The van der Waals surface area contributed by atoms with Gasteiger partial charge in [-0.2, -0.15) is 15.0 Å². The van der Waals surface area contributed by atoms with Gasteiger partial charge in [0, 0.05) is 10.7 Å². The highest BCUT2D eigenvalue weighted by Gasteiger charge is 2.13. The number of hydrogen-bond donors (Lipinski definition) is 2. The lowest BCUT2D eigenvalue weighted by molar-refractivity contribution is 0.416. The average Bonchev–Trinajstić information content (AvgIpc) is 2.56. The molecule has 3 rings (SSSR count). The Kier molecular flexibility index (Phi) is 4.43. The van der Waals surface area contributed by atoms with E-state index in [1.807, 2.05) is 0 Å². The van der Waals surface area contributed by atoms with Gasteiger partial charge in [0.2, 0.25) is 11.9 Å².